The fourth-order valence-electron chi connectivity index (χ4n) is 2.07. The molecule has 2 aliphatic heterocycles. The minimum Gasteiger partial charge on any atom is -0.330 e. The van der Waals surface area contributed by atoms with Crippen molar-refractivity contribution in [2.24, 2.45) is 0 Å². The van der Waals surface area contributed by atoms with Crippen LogP contribution in [-0.2, 0) is 48.6 Å². The van der Waals surface area contributed by atoms with E-state index < -0.39 is 57.4 Å². The summed E-state index contributed by atoms with van der Waals surface area (Å²) < 4.78 is 31.7. The van der Waals surface area contributed by atoms with E-state index in [1.165, 1.54) is 0 Å². The Balaban J connectivity index is 2.07. The zero-order valence-electron chi connectivity index (χ0n) is 12.9. The fraction of sp³-hybridized carbons (Fsp3) is 0.500. The van der Waals surface area contributed by atoms with Crippen molar-refractivity contribution in [3.8, 4) is 0 Å². The molecule has 2 aliphatic rings. The van der Waals surface area contributed by atoms with Gasteiger partial charge in [0, 0.05) is 25.7 Å². The van der Waals surface area contributed by atoms with Gasteiger partial charge in [-0.1, -0.05) is 0 Å². The molecule has 1 unspecified atom stereocenters. The highest BCUT2D eigenvalue weighted by molar-refractivity contribution is 7.87. The van der Waals surface area contributed by atoms with Gasteiger partial charge in [-0.2, -0.15) is 8.42 Å². The first-order valence-corrected chi connectivity index (χ1v) is 8.61. The van der Waals surface area contributed by atoms with Crippen LogP contribution in [0.3, 0.4) is 0 Å². The second kappa shape index (κ2) is 7.17. The molecular weight excluding hydrogens is 380 g/mol. The molecule has 142 valence electrons. The second-order valence-corrected chi connectivity index (χ2v) is 6.84. The van der Waals surface area contributed by atoms with Crippen LogP contribution in [0.4, 0.5) is 0 Å². The Kier molecular flexibility index (Phi) is 5.36. The summed E-state index contributed by atoms with van der Waals surface area (Å²) in [7, 11) is -5.21. The molecule has 0 bridgehead atoms. The highest BCUT2D eigenvalue weighted by Crippen LogP contribution is 2.17. The Bertz CT molecular complexity index is 770. The number of rotatable bonds is 6. The highest BCUT2D eigenvalue weighted by atomic mass is 32.2. The molecule has 0 aromatic rings. The topological polar surface area (TPSA) is 182 Å². The number of hydrogen-bond donors (Lipinski definition) is 1. The number of carbonyl (C=O) groups excluding carboxylic acids is 6. The number of imide groups is 2. The van der Waals surface area contributed by atoms with Gasteiger partial charge in [-0.05, 0) is 0 Å². The Morgan fingerprint density at radius 2 is 1.27 bits per heavy atom. The quantitative estimate of drug-likeness (QED) is 0.384. The molecule has 13 nitrogen and oxygen atoms in total. The van der Waals surface area contributed by atoms with Gasteiger partial charge in [0.25, 0.3) is 33.7 Å². The summed E-state index contributed by atoms with van der Waals surface area (Å²) in [5, 5.41) is -2.40. The molecule has 0 aromatic carbocycles. The molecule has 0 radical (unpaired) electrons. The monoisotopic (exact) mass is 392 g/mol. The number of nitrogens with zero attached hydrogens (tertiary/aromatic N) is 2. The number of hydrogen-bond acceptors (Lipinski definition) is 10. The van der Waals surface area contributed by atoms with Gasteiger partial charge in [0.05, 0.1) is 6.42 Å². The largest absolute Gasteiger partial charge is 0.354 e. The van der Waals surface area contributed by atoms with E-state index in [0.29, 0.717) is 0 Å². The molecule has 0 aliphatic carbocycles. The molecular formula is C12H12N2O11S. The Labute approximate surface area is 145 Å². The van der Waals surface area contributed by atoms with E-state index in [0.717, 1.165) is 0 Å². The van der Waals surface area contributed by atoms with Gasteiger partial charge in [0.1, 0.15) is 0 Å². The van der Waals surface area contributed by atoms with Crippen LogP contribution < -0.4 is 0 Å². The molecule has 1 atom stereocenters. The number of carbonyl (C=O) groups is 6. The van der Waals surface area contributed by atoms with Crippen molar-refractivity contribution < 1.29 is 51.4 Å². The average Bonchev–Trinajstić information content (AvgIpc) is 3.01. The Morgan fingerprint density at radius 3 is 1.65 bits per heavy atom. The first kappa shape index (κ1) is 19.5. The van der Waals surface area contributed by atoms with Crippen molar-refractivity contribution in [3.05, 3.63) is 0 Å². The number of amides is 4. The van der Waals surface area contributed by atoms with Gasteiger partial charge in [-0.3, -0.25) is 23.7 Å². The van der Waals surface area contributed by atoms with Crippen molar-refractivity contribution in [3.63, 3.8) is 0 Å². The summed E-state index contributed by atoms with van der Waals surface area (Å²) in [6, 6.07) is 0. The van der Waals surface area contributed by atoms with Crippen LogP contribution >= 0.6 is 0 Å². The van der Waals surface area contributed by atoms with E-state index in [4.69, 9.17) is 4.55 Å². The molecule has 2 rings (SSSR count). The molecule has 4 amide bonds. The Hall–Kier alpha value is -2.87. The molecule has 0 saturated carbocycles. The molecule has 2 heterocycles. The van der Waals surface area contributed by atoms with E-state index in [2.05, 4.69) is 9.68 Å². The molecule has 1 N–H and O–H groups in total. The van der Waals surface area contributed by atoms with Crippen molar-refractivity contribution in [1.29, 1.82) is 0 Å². The van der Waals surface area contributed by atoms with Crippen LogP contribution in [0.15, 0.2) is 0 Å². The lowest BCUT2D eigenvalue weighted by atomic mass is 10.3. The highest BCUT2D eigenvalue weighted by Gasteiger charge is 2.42. The van der Waals surface area contributed by atoms with Crippen LogP contribution in [0, 0.1) is 0 Å². The first-order valence-electron chi connectivity index (χ1n) is 7.11. The normalized spacial score (nSPS) is 19.1. The van der Waals surface area contributed by atoms with E-state index in [1.54, 1.807) is 0 Å². The smallest absolute Gasteiger partial charge is 0.330 e. The van der Waals surface area contributed by atoms with Crippen LogP contribution in [-0.4, -0.2) is 63.9 Å². The second-order valence-electron chi connectivity index (χ2n) is 5.25. The summed E-state index contributed by atoms with van der Waals surface area (Å²) >= 11 is 0. The lowest BCUT2D eigenvalue weighted by molar-refractivity contribution is -0.201. The minimum atomic E-state index is -5.21. The average molecular weight is 392 g/mol. The van der Waals surface area contributed by atoms with Crippen LogP contribution in [0.1, 0.15) is 32.1 Å². The minimum absolute atomic E-state index is 0.0272. The zero-order valence-corrected chi connectivity index (χ0v) is 13.8. The van der Waals surface area contributed by atoms with Crippen molar-refractivity contribution in [2.75, 3.05) is 0 Å². The van der Waals surface area contributed by atoms with Gasteiger partial charge in [-0.15, -0.1) is 10.1 Å². The lowest BCUT2D eigenvalue weighted by Gasteiger charge is -2.18. The van der Waals surface area contributed by atoms with Crippen LogP contribution in [0.25, 0.3) is 0 Å². The number of hydroxylamine groups is 4. The maximum absolute atomic E-state index is 11.9. The van der Waals surface area contributed by atoms with Crippen LogP contribution in [0.2, 0.25) is 0 Å². The van der Waals surface area contributed by atoms with E-state index in [-0.39, 0.29) is 35.8 Å². The molecule has 2 fully saturated rings. The summed E-state index contributed by atoms with van der Waals surface area (Å²) in [4.78, 5) is 77.7. The van der Waals surface area contributed by atoms with Gasteiger partial charge in [0.15, 0.2) is 5.25 Å². The summed E-state index contributed by atoms with van der Waals surface area (Å²) in [6.07, 6.45) is -2.27. The molecule has 0 aromatic heterocycles. The lowest BCUT2D eigenvalue weighted by Crippen LogP contribution is -2.42. The predicted molar refractivity (Wildman–Crippen MR) is 74.3 cm³/mol. The third-order valence-electron chi connectivity index (χ3n) is 3.36. The van der Waals surface area contributed by atoms with E-state index in [1.807, 2.05) is 0 Å². The summed E-state index contributed by atoms with van der Waals surface area (Å²) in [5.41, 5.74) is 0. The van der Waals surface area contributed by atoms with Gasteiger partial charge in [0.2, 0.25) is 0 Å². The van der Waals surface area contributed by atoms with Crippen molar-refractivity contribution in [2.45, 2.75) is 37.4 Å². The van der Waals surface area contributed by atoms with Gasteiger partial charge >= 0.3 is 11.9 Å². The van der Waals surface area contributed by atoms with Gasteiger partial charge < -0.3 is 9.68 Å². The zero-order chi connectivity index (χ0) is 19.6. The standard InChI is InChI=1S/C12H12N2O11S/c15-7-1-2-8(16)13(7)24-11(19)5-6(26(21,22)23)12(20)25-14-9(17)3-4-10(14)18/h6H,1-5H2,(H,21,22,23). The van der Waals surface area contributed by atoms with Crippen molar-refractivity contribution in [1.82, 2.24) is 10.1 Å². The maximum atomic E-state index is 11.9. The van der Waals surface area contributed by atoms with Crippen molar-refractivity contribution >= 4 is 45.7 Å². The molecule has 14 heteroatoms. The third-order valence-corrected chi connectivity index (χ3v) is 4.44. The fourth-order valence-corrected chi connectivity index (χ4v) is 2.70. The molecule has 2 saturated heterocycles. The molecule has 0 spiro atoms. The van der Waals surface area contributed by atoms with E-state index in [9.17, 15) is 37.2 Å². The molecule has 26 heavy (non-hydrogen) atoms. The first-order chi connectivity index (χ1) is 12.0. The summed E-state index contributed by atoms with van der Waals surface area (Å²) in [5.74, 6) is -6.80. The predicted octanol–water partition coefficient (Wildman–Crippen LogP) is -2.15. The Morgan fingerprint density at radius 1 is 0.885 bits per heavy atom. The van der Waals surface area contributed by atoms with Gasteiger partial charge in [-0.25, -0.2) is 9.59 Å². The maximum Gasteiger partial charge on any atom is 0.354 e. The third kappa shape index (κ3) is 4.20. The van der Waals surface area contributed by atoms with Crippen LogP contribution in [0.5, 0.6) is 0 Å². The van der Waals surface area contributed by atoms with E-state index >= 15 is 0 Å². The SMILES string of the molecule is O=C(CC(C(=O)ON1C(=O)CCC1=O)S(=O)(=O)O)ON1C(=O)CCC1=O. The summed E-state index contributed by atoms with van der Waals surface area (Å²) in [6.45, 7) is 0.